The van der Waals surface area contributed by atoms with Gasteiger partial charge in [-0.15, -0.1) is 0 Å². The second-order valence-corrected chi connectivity index (χ2v) is 6.35. The zero-order valence-corrected chi connectivity index (χ0v) is 14.1. The summed E-state index contributed by atoms with van der Waals surface area (Å²) in [4.78, 5) is 14.0. The lowest BCUT2D eigenvalue weighted by molar-refractivity contribution is 0.202. The van der Waals surface area contributed by atoms with E-state index in [-0.39, 0.29) is 6.03 Å². The van der Waals surface area contributed by atoms with E-state index in [0.29, 0.717) is 6.54 Å². The Balaban J connectivity index is 1.81. The molecule has 1 aromatic rings. The first kappa shape index (κ1) is 16.8. The summed E-state index contributed by atoms with van der Waals surface area (Å²) in [6.07, 6.45) is 1.85. The number of hydrogen-bond donors (Lipinski definition) is 1. The Morgan fingerprint density at radius 3 is 2.82 bits per heavy atom. The Morgan fingerprint density at radius 1 is 1.23 bits per heavy atom. The number of nitrogens with zero attached hydrogens (tertiary/aromatic N) is 1. The van der Waals surface area contributed by atoms with Crippen LogP contribution in [-0.2, 0) is 6.42 Å². The average molecular weight is 324 g/mol. The fraction of sp³-hybridized carbons (Fsp3) is 0.562. The molecule has 5 nitrogen and oxygen atoms in total. The maximum absolute atomic E-state index is 12.1. The fourth-order valence-corrected chi connectivity index (χ4v) is 3.30. The quantitative estimate of drug-likeness (QED) is 0.903. The highest BCUT2D eigenvalue weighted by atomic mass is 32.2. The summed E-state index contributed by atoms with van der Waals surface area (Å²) in [5, 5.41) is 3.00. The van der Waals surface area contributed by atoms with Crippen molar-refractivity contribution in [3.8, 4) is 11.5 Å². The van der Waals surface area contributed by atoms with Crippen molar-refractivity contribution in [3.05, 3.63) is 23.8 Å². The summed E-state index contributed by atoms with van der Waals surface area (Å²) in [5.41, 5.74) is 1.12. The van der Waals surface area contributed by atoms with E-state index in [2.05, 4.69) is 5.32 Å². The van der Waals surface area contributed by atoms with Crippen LogP contribution in [-0.4, -0.2) is 56.3 Å². The van der Waals surface area contributed by atoms with Crippen molar-refractivity contribution in [2.24, 2.45) is 0 Å². The van der Waals surface area contributed by atoms with Gasteiger partial charge in [0.15, 0.2) is 11.5 Å². The van der Waals surface area contributed by atoms with Crippen molar-refractivity contribution in [1.82, 2.24) is 10.2 Å². The number of carbonyl (C=O) groups excluding carboxylic acids is 1. The van der Waals surface area contributed by atoms with Crippen LogP contribution in [0.5, 0.6) is 11.5 Å². The Hall–Kier alpha value is -1.56. The molecule has 0 unspecified atom stereocenters. The maximum Gasteiger partial charge on any atom is 0.317 e. The number of nitrogens with one attached hydrogen (secondary N) is 1. The Kier molecular flexibility index (Phi) is 6.71. The van der Waals surface area contributed by atoms with Gasteiger partial charge in [-0.1, -0.05) is 6.07 Å². The number of benzene rings is 1. The minimum atomic E-state index is 0.0444. The Morgan fingerprint density at radius 2 is 2.05 bits per heavy atom. The second-order valence-electron chi connectivity index (χ2n) is 5.12. The molecule has 1 aromatic carbocycles. The summed E-state index contributed by atoms with van der Waals surface area (Å²) >= 11 is 1.92. The van der Waals surface area contributed by atoms with Crippen molar-refractivity contribution in [1.29, 1.82) is 0 Å². The monoisotopic (exact) mass is 324 g/mol. The number of urea groups is 1. The molecule has 0 saturated carbocycles. The first-order valence-corrected chi connectivity index (χ1v) is 8.71. The van der Waals surface area contributed by atoms with Gasteiger partial charge in [-0.3, -0.25) is 0 Å². The minimum Gasteiger partial charge on any atom is -0.493 e. The third kappa shape index (κ3) is 4.73. The van der Waals surface area contributed by atoms with Gasteiger partial charge in [0, 0.05) is 25.4 Å². The van der Waals surface area contributed by atoms with Crippen molar-refractivity contribution in [2.45, 2.75) is 12.8 Å². The van der Waals surface area contributed by atoms with Crippen molar-refractivity contribution in [3.63, 3.8) is 0 Å². The number of hydrogen-bond acceptors (Lipinski definition) is 4. The van der Waals surface area contributed by atoms with Crippen LogP contribution in [0.15, 0.2) is 18.2 Å². The zero-order valence-electron chi connectivity index (χ0n) is 13.3. The van der Waals surface area contributed by atoms with Gasteiger partial charge >= 0.3 is 6.03 Å². The topological polar surface area (TPSA) is 50.8 Å². The molecule has 1 heterocycles. The highest BCUT2D eigenvalue weighted by Crippen LogP contribution is 2.27. The van der Waals surface area contributed by atoms with Gasteiger partial charge in [0.25, 0.3) is 0 Å². The van der Waals surface area contributed by atoms with E-state index in [1.165, 1.54) is 0 Å². The normalized spacial score (nSPS) is 15.1. The molecule has 0 aromatic heterocycles. The largest absolute Gasteiger partial charge is 0.493 e. The van der Waals surface area contributed by atoms with Gasteiger partial charge in [0.1, 0.15) is 0 Å². The number of amides is 2. The summed E-state index contributed by atoms with van der Waals surface area (Å²) in [7, 11) is 3.25. The van der Waals surface area contributed by atoms with Gasteiger partial charge in [0.2, 0.25) is 0 Å². The molecular formula is C16H24N2O3S. The maximum atomic E-state index is 12.1. The summed E-state index contributed by atoms with van der Waals surface area (Å²) in [6.45, 7) is 2.32. The van der Waals surface area contributed by atoms with Crippen LogP contribution in [0, 0.1) is 0 Å². The average Bonchev–Trinajstić information content (AvgIpc) is 2.83. The SMILES string of the molecule is COc1ccc(CCNC(=O)N2CCCSCC2)cc1OC. The molecule has 22 heavy (non-hydrogen) atoms. The standard InChI is InChI=1S/C16H24N2O3S/c1-20-14-5-4-13(12-15(14)21-2)6-7-17-16(19)18-8-3-10-22-11-9-18/h4-5,12H,3,6-11H2,1-2H3,(H,17,19). The number of ether oxygens (including phenoxy) is 2. The molecule has 1 fully saturated rings. The smallest absolute Gasteiger partial charge is 0.317 e. The molecule has 122 valence electrons. The predicted molar refractivity (Wildman–Crippen MR) is 90.2 cm³/mol. The molecule has 6 heteroatoms. The molecule has 0 atom stereocenters. The van der Waals surface area contributed by atoms with Gasteiger partial charge in [-0.25, -0.2) is 4.79 Å². The van der Waals surface area contributed by atoms with E-state index in [0.717, 1.165) is 54.5 Å². The van der Waals surface area contributed by atoms with Crippen molar-refractivity contribution >= 4 is 17.8 Å². The summed E-state index contributed by atoms with van der Waals surface area (Å²) in [5.74, 6) is 3.62. The van der Waals surface area contributed by atoms with Gasteiger partial charge in [0.05, 0.1) is 14.2 Å². The van der Waals surface area contributed by atoms with E-state index < -0.39 is 0 Å². The molecule has 1 aliphatic heterocycles. The Labute approximate surface area is 136 Å². The van der Waals surface area contributed by atoms with Gasteiger partial charge < -0.3 is 19.7 Å². The van der Waals surface area contributed by atoms with E-state index in [1.54, 1.807) is 14.2 Å². The fourth-order valence-electron chi connectivity index (χ4n) is 2.41. The molecule has 2 rings (SSSR count). The van der Waals surface area contributed by atoms with Gasteiger partial charge in [-0.2, -0.15) is 11.8 Å². The number of carbonyl (C=O) groups is 1. The highest BCUT2D eigenvalue weighted by molar-refractivity contribution is 7.99. The van der Waals surface area contributed by atoms with Crippen LogP contribution < -0.4 is 14.8 Å². The van der Waals surface area contributed by atoms with Crippen molar-refractivity contribution in [2.75, 3.05) is 45.4 Å². The first-order valence-electron chi connectivity index (χ1n) is 7.56. The second kappa shape index (κ2) is 8.78. The lowest BCUT2D eigenvalue weighted by Gasteiger charge is -2.20. The van der Waals surface area contributed by atoms with Gasteiger partial charge in [-0.05, 0) is 36.3 Å². The molecular weight excluding hydrogens is 300 g/mol. The molecule has 0 bridgehead atoms. The number of methoxy groups -OCH3 is 2. The molecule has 1 saturated heterocycles. The zero-order chi connectivity index (χ0) is 15.8. The van der Waals surface area contributed by atoms with Crippen LogP contribution in [0.1, 0.15) is 12.0 Å². The molecule has 2 amide bonds. The molecule has 1 N–H and O–H groups in total. The van der Waals surface area contributed by atoms with E-state index in [4.69, 9.17) is 9.47 Å². The van der Waals surface area contributed by atoms with E-state index in [1.807, 2.05) is 34.9 Å². The number of rotatable bonds is 5. The third-order valence-electron chi connectivity index (χ3n) is 3.65. The lowest BCUT2D eigenvalue weighted by atomic mass is 10.1. The third-order valence-corrected chi connectivity index (χ3v) is 4.70. The highest BCUT2D eigenvalue weighted by Gasteiger charge is 2.14. The number of thioether (sulfide) groups is 1. The molecule has 0 radical (unpaired) electrons. The lowest BCUT2D eigenvalue weighted by Crippen LogP contribution is -2.41. The Bertz CT molecular complexity index is 488. The molecule has 1 aliphatic rings. The summed E-state index contributed by atoms with van der Waals surface area (Å²) < 4.78 is 10.5. The van der Waals surface area contributed by atoms with E-state index in [9.17, 15) is 4.79 Å². The van der Waals surface area contributed by atoms with Crippen LogP contribution >= 0.6 is 11.8 Å². The van der Waals surface area contributed by atoms with Crippen LogP contribution in [0.3, 0.4) is 0 Å². The summed E-state index contributed by atoms with van der Waals surface area (Å²) in [6, 6.07) is 5.88. The predicted octanol–water partition coefficient (Wildman–Crippen LogP) is 2.39. The van der Waals surface area contributed by atoms with Crippen LogP contribution in [0.4, 0.5) is 4.79 Å². The van der Waals surface area contributed by atoms with Crippen LogP contribution in [0.2, 0.25) is 0 Å². The van der Waals surface area contributed by atoms with Crippen molar-refractivity contribution < 1.29 is 14.3 Å². The first-order chi connectivity index (χ1) is 10.7. The minimum absolute atomic E-state index is 0.0444. The molecule has 0 aliphatic carbocycles. The van der Waals surface area contributed by atoms with E-state index >= 15 is 0 Å². The van der Waals surface area contributed by atoms with Crippen LogP contribution in [0.25, 0.3) is 0 Å². The molecule has 0 spiro atoms.